The standard InChI is InChI=1S/C16H20FNO4.C13H14FNO4/c1-5-11-9-18(15(20)21-11)10-6-7-12(13(17)8-10)14(19)22-16(2,3)4;1-3-9-7-15(13(17)19-9)8-4-5-10(11(14)6-8)12(16)18-2/h6-8,11H,5,9H2,1-4H3;4-6,9H,3,7H2,1-2H3/t11-;9-/m00/s1. The molecule has 12 heteroatoms. The fraction of sp³-hybridized carbons (Fsp3) is 0.448. The second-order valence-electron chi connectivity index (χ2n) is 10.4. The van der Waals surface area contributed by atoms with Crippen molar-refractivity contribution in [3.8, 4) is 0 Å². The van der Waals surface area contributed by atoms with E-state index in [2.05, 4.69) is 4.74 Å². The van der Waals surface area contributed by atoms with Gasteiger partial charge in [-0.3, -0.25) is 9.80 Å². The van der Waals surface area contributed by atoms with Gasteiger partial charge in [0.1, 0.15) is 29.4 Å². The monoisotopic (exact) mass is 576 g/mol. The first-order valence-electron chi connectivity index (χ1n) is 13.1. The predicted molar refractivity (Wildman–Crippen MR) is 145 cm³/mol. The SMILES string of the molecule is CC[C@H]1CN(c2ccc(C(=O)OC(C)(C)C)c(F)c2)C(=O)O1.CC[C@H]1CN(c2ccc(C(=O)OC)c(F)c2)C(=O)O1. The molecule has 0 aromatic heterocycles. The Bertz CT molecular complexity index is 1310. The number of anilines is 2. The zero-order valence-corrected chi connectivity index (χ0v) is 23.9. The minimum atomic E-state index is -0.750. The van der Waals surface area contributed by atoms with Gasteiger partial charge in [0.05, 0.1) is 42.7 Å². The lowest BCUT2D eigenvalue weighted by molar-refractivity contribution is 0.00643. The van der Waals surface area contributed by atoms with Crippen LogP contribution in [0.25, 0.3) is 0 Å². The predicted octanol–water partition coefficient (Wildman–Crippen LogP) is 5.86. The van der Waals surface area contributed by atoms with Crippen molar-refractivity contribution >= 4 is 35.5 Å². The third-order valence-corrected chi connectivity index (χ3v) is 6.21. The first-order valence-corrected chi connectivity index (χ1v) is 13.1. The van der Waals surface area contributed by atoms with Crippen molar-refractivity contribution in [1.29, 1.82) is 0 Å². The zero-order chi connectivity index (χ0) is 30.5. The molecule has 2 aliphatic rings. The number of halogens is 2. The van der Waals surface area contributed by atoms with Gasteiger partial charge in [-0.05, 0) is 70.0 Å². The Balaban J connectivity index is 0.000000228. The molecule has 0 aliphatic carbocycles. The van der Waals surface area contributed by atoms with Crippen molar-refractivity contribution < 1.29 is 46.9 Å². The van der Waals surface area contributed by atoms with Crippen LogP contribution in [0.2, 0.25) is 0 Å². The molecule has 0 N–H and O–H groups in total. The van der Waals surface area contributed by atoms with Crippen LogP contribution in [0.1, 0.15) is 68.2 Å². The third kappa shape index (κ3) is 7.71. The maximum atomic E-state index is 14.2. The molecule has 2 fully saturated rings. The highest BCUT2D eigenvalue weighted by atomic mass is 19.1. The summed E-state index contributed by atoms with van der Waals surface area (Å²) in [4.78, 5) is 49.2. The Morgan fingerprint density at radius 3 is 1.56 bits per heavy atom. The maximum Gasteiger partial charge on any atom is 0.414 e. The number of nitrogens with zero attached hydrogens (tertiary/aromatic N) is 2. The van der Waals surface area contributed by atoms with E-state index in [0.29, 0.717) is 37.3 Å². The molecule has 4 rings (SSSR count). The summed E-state index contributed by atoms with van der Waals surface area (Å²) in [6, 6.07) is 7.91. The highest BCUT2D eigenvalue weighted by molar-refractivity contribution is 5.94. The van der Waals surface area contributed by atoms with Crippen LogP contribution >= 0.6 is 0 Å². The topological polar surface area (TPSA) is 112 Å². The van der Waals surface area contributed by atoms with E-state index in [4.69, 9.17) is 14.2 Å². The molecule has 41 heavy (non-hydrogen) atoms. The quantitative estimate of drug-likeness (QED) is 0.310. The summed E-state index contributed by atoms with van der Waals surface area (Å²) in [6.07, 6.45) is 0.0105. The van der Waals surface area contributed by atoms with Crippen molar-refractivity contribution in [2.45, 2.75) is 65.3 Å². The molecule has 2 saturated heterocycles. The number of methoxy groups -OCH3 is 1. The van der Waals surface area contributed by atoms with Crippen LogP contribution in [0.5, 0.6) is 0 Å². The number of benzene rings is 2. The van der Waals surface area contributed by atoms with Crippen LogP contribution in [-0.2, 0) is 18.9 Å². The Labute approximate surface area is 237 Å². The summed E-state index contributed by atoms with van der Waals surface area (Å²) in [5.41, 5.74) is -0.282. The van der Waals surface area contributed by atoms with Gasteiger partial charge in [0.2, 0.25) is 0 Å². The van der Waals surface area contributed by atoms with Gasteiger partial charge in [-0.2, -0.15) is 0 Å². The average Bonchev–Trinajstić information content (AvgIpc) is 3.49. The number of carbonyl (C=O) groups is 4. The van der Waals surface area contributed by atoms with Crippen LogP contribution in [0.15, 0.2) is 36.4 Å². The van der Waals surface area contributed by atoms with E-state index in [0.717, 1.165) is 12.1 Å². The number of rotatable bonds is 6. The summed E-state index contributed by atoms with van der Waals surface area (Å²) >= 11 is 0. The second kappa shape index (κ2) is 13.0. The van der Waals surface area contributed by atoms with E-state index in [9.17, 15) is 28.0 Å². The molecule has 2 aromatic carbocycles. The fourth-order valence-electron chi connectivity index (χ4n) is 4.01. The Morgan fingerprint density at radius 2 is 1.24 bits per heavy atom. The number of hydrogen-bond acceptors (Lipinski definition) is 8. The number of cyclic esters (lactones) is 2. The molecule has 222 valence electrons. The smallest absolute Gasteiger partial charge is 0.414 e. The van der Waals surface area contributed by atoms with E-state index in [1.54, 1.807) is 20.8 Å². The van der Waals surface area contributed by atoms with Crippen LogP contribution in [0.3, 0.4) is 0 Å². The van der Waals surface area contributed by atoms with Crippen LogP contribution < -0.4 is 9.80 Å². The molecule has 2 heterocycles. The molecule has 2 atom stereocenters. The van der Waals surface area contributed by atoms with Crippen LogP contribution in [-0.4, -0.2) is 62.1 Å². The summed E-state index contributed by atoms with van der Waals surface area (Å²) < 4.78 is 47.7. The van der Waals surface area contributed by atoms with E-state index >= 15 is 0 Å². The van der Waals surface area contributed by atoms with Crippen LogP contribution in [0.4, 0.5) is 29.7 Å². The first-order chi connectivity index (χ1) is 19.3. The van der Waals surface area contributed by atoms with Crippen molar-refractivity contribution in [2.75, 3.05) is 30.0 Å². The van der Waals surface area contributed by atoms with E-state index in [-0.39, 0.29) is 23.3 Å². The molecule has 2 aliphatic heterocycles. The summed E-state index contributed by atoms with van der Waals surface area (Å²) in [7, 11) is 1.18. The van der Waals surface area contributed by atoms with Gasteiger partial charge in [0.25, 0.3) is 0 Å². The van der Waals surface area contributed by atoms with Gasteiger partial charge in [-0.25, -0.2) is 28.0 Å². The van der Waals surface area contributed by atoms with Crippen molar-refractivity contribution in [3.05, 3.63) is 59.2 Å². The molecular formula is C29H34F2N2O8. The molecule has 10 nitrogen and oxygen atoms in total. The summed E-state index contributed by atoms with van der Waals surface area (Å²) in [5.74, 6) is -2.93. The normalized spacial score (nSPS) is 18.3. The summed E-state index contributed by atoms with van der Waals surface area (Å²) in [6.45, 7) is 9.70. The lowest BCUT2D eigenvalue weighted by atomic mass is 10.1. The van der Waals surface area contributed by atoms with Gasteiger partial charge in [-0.1, -0.05) is 13.8 Å². The van der Waals surface area contributed by atoms with Crippen molar-refractivity contribution in [3.63, 3.8) is 0 Å². The largest absolute Gasteiger partial charge is 0.465 e. The van der Waals surface area contributed by atoms with E-state index in [1.807, 2.05) is 13.8 Å². The van der Waals surface area contributed by atoms with E-state index in [1.165, 1.54) is 41.2 Å². The van der Waals surface area contributed by atoms with Gasteiger partial charge in [0, 0.05) is 0 Å². The molecule has 2 aromatic rings. The van der Waals surface area contributed by atoms with Crippen molar-refractivity contribution in [2.24, 2.45) is 0 Å². The van der Waals surface area contributed by atoms with Gasteiger partial charge >= 0.3 is 24.1 Å². The average molecular weight is 577 g/mol. The maximum absolute atomic E-state index is 14.2. The van der Waals surface area contributed by atoms with Crippen molar-refractivity contribution in [1.82, 2.24) is 0 Å². The fourth-order valence-corrected chi connectivity index (χ4v) is 4.01. The zero-order valence-electron chi connectivity index (χ0n) is 23.9. The highest BCUT2D eigenvalue weighted by Crippen LogP contribution is 2.27. The Hall–Kier alpha value is -4.22. The molecular weight excluding hydrogens is 542 g/mol. The third-order valence-electron chi connectivity index (χ3n) is 6.21. The molecule has 2 amide bonds. The minimum absolute atomic E-state index is 0.154. The molecule has 0 radical (unpaired) electrons. The number of amides is 2. The molecule has 0 unspecified atom stereocenters. The highest BCUT2D eigenvalue weighted by Gasteiger charge is 2.33. The van der Waals surface area contributed by atoms with Gasteiger partial charge in [-0.15, -0.1) is 0 Å². The Kier molecular flexibility index (Phi) is 9.90. The molecule has 0 saturated carbocycles. The van der Waals surface area contributed by atoms with Gasteiger partial charge < -0.3 is 18.9 Å². The first kappa shape index (κ1) is 31.3. The Morgan fingerprint density at radius 1 is 0.829 bits per heavy atom. The second-order valence-corrected chi connectivity index (χ2v) is 10.4. The molecule has 0 bridgehead atoms. The number of carbonyl (C=O) groups excluding carboxylic acids is 4. The lowest BCUT2D eigenvalue weighted by Gasteiger charge is -2.20. The minimum Gasteiger partial charge on any atom is -0.465 e. The van der Waals surface area contributed by atoms with Gasteiger partial charge in [0.15, 0.2) is 0 Å². The van der Waals surface area contributed by atoms with E-state index < -0.39 is 41.4 Å². The molecule has 0 spiro atoms. The number of hydrogen-bond donors (Lipinski definition) is 0. The number of ether oxygens (including phenoxy) is 4. The lowest BCUT2D eigenvalue weighted by Crippen LogP contribution is -2.26. The van der Waals surface area contributed by atoms with Crippen LogP contribution in [0, 0.1) is 11.6 Å². The summed E-state index contributed by atoms with van der Waals surface area (Å²) in [5, 5.41) is 0. The number of esters is 2.